The Morgan fingerprint density at radius 3 is 2.58 bits per heavy atom. The van der Waals surface area contributed by atoms with Crippen LogP contribution in [0.4, 0.5) is 0 Å². The highest BCUT2D eigenvalue weighted by atomic mass is 16.5. The van der Waals surface area contributed by atoms with E-state index in [9.17, 15) is 0 Å². The Labute approximate surface area is 150 Å². The zero-order valence-corrected chi connectivity index (χ0v) is 14.2. The fourth-order valence-electron chi connectivity index (χ4n) is 2.56. The summed E-state index contributed by atoms with van der Waals surface area (Å²) in [5, 5.41) is 16.7. The predicted octanol–water partition coefficient (Wildman–Crippen LogP) is 3.44. The minimum atomic E-state index is 0.389. The van der Waals surface area contributed by atoms with Crippen molar-refractivity contribution in [2.45, 2.75) is 13.5 Å². The molecule has 0 unspecified atom stereocenters. The summed E-state index contributed by atoms with van der Waals surface area (Å²) in [5.74, 6) is 2.09. The van der Waals surface area contributed by atoms with Crippen LogP contribution in [0.25, 0.3) is 22.7 Å². The van der Waals surface area contributed by atoms with Gasteiger partial charge < -0.3 is 9.26 Å². The summed E-state index contributed by atoms with van der Waals surface area (Å²) in [6.45, 7) is 2.98. The summed E-state index contributed by atoms with van der Waals surface area (Å²) in [7, 11) is 0. The van der Waals surface area contributed by atoms with E-state index in [4.69, 9.17) is 9.26 Å². The van der Waals surface area contributed by atoms with Gasteiger partial charge in [0.05, 0.1) is 6.61 Å². The number of aromatic nitrogens is 5. The third-order valence-corrected chi connectivity index (χ3v) is 3.80. The van der Waals surface area contributed by atoms with Crippen molar-refractivity contribution in [3.8, 4) is 28.5 Å². The van der Waals surface area contributed by atoms with Crippen LogP contribution >= 0.6 is 0 Å². The molecule has 0 aliphatic carbocycles. The minimum absolute atomic E-state index is 0.389. The number of hydrogen-bond acceptors (Lipinski definition) is 6. The molecule has 0 atom stereocenters. The quantitative estimate of drug-likeness (QED) is 0.531. The maximum atomic E-state index is 5.44. The summed E-state index contributed by atoms with van der Waals surface area (Å²) >= 11 is 0. The minimum Gasteiger partial charge on any atom is -0.494 e. The van der Waals surface area contributed by atoms with Crippen LogP contribution in [-0.4, -0.2) is 32.0 Å². The van der Waals surface area contributed by atoms with Crippen LogP contribution in [0.15, 0.2) is 65.2 Å². The first-order valence-corrected chi connectivity index (χ1v) is 8.34. The molecule has 0 saturated carbocycles. The van der Waals surface area contributed by atoms with Gasteiger partial charge in [-0.15, -0.1) is 10.2 Å². The smallest absolute Gasteiger partial charge is 0.204 e. The Morgan fingerprint density at radius 2 is 1.81 bits per heavy atom. The van der Waals surface area contributed by atoms with Crippen LogP contribution < -0.4 is 4.74 Å². The van der Waals surface area contributed by atoms with Crippen LogP contribution in [0.5, 0.6) is 5.75 Å². The summed E-state index contributed by atoms with van der Waals surface area (Å²) in [6, 6.07) is 19.3. The number of tetrazole rings is 1. The van der Waals surface area contributed by atoms with E-state index in [2.05, 4.69) is 20.6 Å². The van der Waals surface area contributed by atoms with Crippen LogP contribution in [-0.2, 0) is 6.54 Å². The SMILES string of the molecule is CCOc1ccc(-c2nnn(Cc3cc(-c4ccccc4)on3)n2)cc1. The normalized spacial score (nSPS) is 10.8. The second-order valence-electron chi connectivity index (χ2n) is 5.65. The van der Waals surface area contributed by atoms with Gasteiger partial charge in [0.2, 0.25) is 5.82 Å². The summed E-state index contributed by atoms with van der Waals surface area (Å²) in [6.07, 6.45) is 0. The van der Waals surface area contributed by atoms with E-state index in [1.54, 1.807) is 0 Å². The summed E-state index contributed by atoms with van der Waals surface area (Å²) in [5.41, 5.74) is 2.59. The molecule has 0 spiro atoms. The van der Waals surface area contributed by atoms with Gasteiger partial charge in [0.15, 0.2) is 5.76 Å². The van der Waals surface area contributed by atoms with E-state index in [0.29, 0.717) is 24.7 Å². The molecule has 0 saturated heterocycles. The first-order valence-electron chi connectivity index (χ1n) is 8.34. The Kier molecular flexibility index (Phi) is 4.42. The molecule has 7 nitrogen and oxygen atoms in total. The van der Waals surface area contributed by atoms with Crippen LogP contribution in [0.1, 0.15) is 12.6 Å². The molecule has 0 amide bonds. The van der Waals surface area contributed by atoms with Gasteiger partial charge in [-0.2, -0.15) is 4.80 Å². The molecule has 0 aliphatic heterocycles. The van der Waals surface area contributed by atoms with Crippen LogP contribution in [0, 0.1) is 0 Å². The molecular formula is C19H17N5O2. The van der Waals surface area contributed by atoms with Crippen molar-refractivity contribution in [3.63, 3.8) is 0 Å². The maximum Gasteiger partial charge on any atom is 0.204 e. The van der Waals surface area contributed by atoms with Gasteiger partial charge in [-0.05, 0) is 36.4 Å². The lowest BCUT2D eigenvalue weighted by Gasteiger charge is -2.02. The Hall–Kier alpha value is -3.48. The fraction of sp³-hybridized carbons (Fsp3) is 0.158. The average Bonchev–Trinajstić information content (AvgIpc) is 3.34. The summed E-state index contributed by atoms with van der Waals surface area (Å²) in [4.78, 5) is 1.50. The second-order valence-corrected chi connectivity index (χ2v) is 5.65. The molecule has 0 fully saturated rings. The largest absolute Gasteiger partial charge is 0.494 e. The molecule has 2 aromatic carbocycles. The Bertz CT molecular complexity index is 977. The fourth-order valence-corrected chi connectivity index (χ4v) is 2.56. The highest BCUT2D eigenvalue weighted by Crippen LogP contribution is 2.21. The number of nitrogens with zero attached hydrogens (tertiary/aromatic N) is 5. The molecule has 7 heteroatoms. The Morgan fingerprint density at radius 1 is 1.00 bits per heavy atom. The molecule has 0 radical (unpaired) electrons. The molecule has 2 aromatic heterocycles. The first-order chi connectivity index (χ1) is 12.8. The molecule has 0 N–H and O–H groups in total. The van der Waals surface area contributed by atoms with Gasteiger partial charge in [0.1, 0.15) is 18.0 Å². The standard InChI is InChI=1S/C19H17N5O2/c1-2-25-17-10-8-15(9-11-17)19-20-23-24(21-19)13-16-12-18(26-22-16)14-6-4-3-5-7-14/h3-12H,2,13H2,1H3. The van der Waals surface area contributed by atoms with E-state index in [1.165, 1.54) is 4.80 Å². The molecule has 2 heterocycles. The second kappa shape index (κ2) is 7.18. The lowest BCUT2D eigenvalue weighted by atomic mass is 10.2. The number of hydrogen-bond donors (Lipinski definition) is 0. The maximum absolute atomic E-state index is 5.44. The third kappa shape index (κ3) is 3.46. The van der Waals surface area contributed by atoms with E-state index >= 15 is 0 Å². The van der Waals surface area contributed by atoms with Crippen molar-refractivity contribution in [2.24, 2.45) is 0 Å². The lowest BCUT2D eigenvalue weighted by Crippen LogP contribution is -2.04. The van der Waals surface area contributed by atoms with Gasteiger partial charge >= 0.3 is 0 Å². The van der Waals surface area contributed by atoms with Gasteiger partial charge in [0, 0.05) is 17.2 Å². The first kappa shape index (κ1) is 16.0. The lowest BCUT2D eigenvalue weighted by molar-refractivity contribution is 0.340. The molecule has 0 aliphatic rings. The van der Waals surface area contributed by atoms with Gasteiger partial charge in [0.25, 0.3) is 0 Å². The van der Waals surface area contributed by atoms with Crippen LogP contribution in [0.3, 0.4) is 0 Å². The molecule has 130 valence electrons. The van der Waals surface area contributed by atoms with Crippen molar-refractivity contribution in [2.75, 3.05) is 6.61 Å². The summed E-state index contributed by atoms with van der Waals surface area (Å²) < 4.78 is 10.8. The van der Waals surface area contributed by atoms with Gasteiger partial charge in [-0.1, -0.05) is 35.5 Å². The molecular weight excluding hydrogens is 330 g/mol. The van der Waals surface area contributed by atoms with E-state index in [-0.39, 0.29) is 0 Å². The number of rotatable bonds is 6. The van der Waals surface area contributed by atoms with E-state index in [1.807, 2.05) is 67.6 Å². The average molecular weight is 347 g/mol. The van der Waals surface area contributed by atoms with E-state index in [0.717, 1.165) is 22.6 Å². The third-order valence-electron chi connectivity index (χ3n) is 3.80. The van der Waals surface area contributed by atoms with Crippen molar-refractivity contribution in [1.29, 1.82) is 0 Å². The van der Waals surface area contributed by atoms with Crippen molar-refractivity contribution >= 4 is 0 Å². The zero-order valence-electron chi connectivity index (χ0n) is 14.2. The monoisotopic (exact) mass is 347 g/mol. The zero-order chi connectivity index (χ0) is 17.8. The van der Waals surface area contributed by atoms with Crippen LogP contribution in [0.2, 0.25) is 0 Å². The molecule has 26 heavy (non-hydrogen) atoms. The van der Waals surface area contributed by atoms with Gasteiger partial charge in [-0.25, -0.2) is 0 Å². The molecule has 4 rings (SSSR count). The molecule has 0 bridgehead atoms. The number of ether oxygens (including phenoxy) is 1. The molecule has 4 aromatic rings. The van der Waals surface area contributed by atoms with E-state index < -0.39 is 0 Å². The van der Waals surface area contributed by atoms with Gasteiger partial charge in [-0.3, -0.25) is 0 Å². The Balaban J connectivity index is 1.48. The van der Waals surface area contributed by atoms with Crippen molar-refractivity contribution in [1.82, 2.24) is 25.4 Å². The van der Waals surface area contributed by atoms with Crippen molar-refractivity contribution in [3.05, 3.63) is 66.4 Å². The highest BCUT2D eigenvalue weighted by molar-refractivity contribution is 5.57. The highest BCUT2D eigenvalue weighted by Gasteiger charge is 2.10. The predicted molar refractivity (Wildman–Crippen MR) is 95.5 cm³/mol. The number of benzene rings is 2. The topological polar surface area (TPSA) is 78.9 Å². The van der Waals surface area contributed by atoms with Crippen molar-refractivity contribution < 1.29 is 9.26 Å².